The van der Waals surface area contributed by atoms with Crippen molar-refractivity contribution < 1.29 is 26.6 Å². The second-order valence-electron chi connectivity index (χ2n) is 6.82. The van der Waals surface area contributed by atoms with Gasteiger partial charge in [0.15, 0.2) is 5.82 Å². The van der Waals surface area contributed by atoms with E-state index in [0.29, 0.717) is 0 Å². The number of rotatable bonds is 3. The molecule has 2 aliphatic rings. The highest BCUT2D eigenvalue weighted by atomic mass is 19.1. The van der Waals surface area contributed by atoms with Gasteiger partial charge in [-0.25, -0.2) is 14.1 Å². The lowest BCUT2D eigenvalue weighted by atomic mass is 10.0. The Morgan fingerprint density at radius 3 is 3.06 bits per heavy atom. The van der Waals surface area contributed by atoms with Crippen molar-refractivity contribution in [2.75, 3.05) is 17.9 Å². The van der Waals surface area contributed by atoms with Crippen LogP contribution in [0.15, 0.2) is 36.5 Å². The van der Waals surface area contributed by atoms with E-state index in [-0.39, 0.29) is 45.2 Å². The third-order valence-electron chi connectivity index (χ3n) is 4.78. The molecule has 1 saturated heterocycles. The zero-order valence-corrected chi connectivity index (χ0v) is 15.6. The number of benzene rings is 1. The van der Waals surface area contributed by atoms with Crippen molar-refractivity contribution in [3.63, 3.8) is 0 Å². The minimum atomic E-state index is -3.82. The highest BCUT2D eigenvalue weighted by Gasteiger charge is 2.33. The van der Waals surface area contributed by atoms with E-state index in [1.54, 1.807) is 0 Å². The van der Waals surface area contributed by atoms with Crippen LogP contribution >= 0.6 is 0 Å². The van der Waals surface area contributed by atoms with E-state index in [1.807, 2.05) is 6.07 Å². The number of nitriles is 1. The lowest BCUT2D eigenvalue weighted by Crippen LogP contribution is -2.29. The second-order valence-corrected chi connectivity index (χ2v) is 6.82. The highest BCUT2D eigenvalue weighted by molar-refractivity contribution is 6.01. The number of β-amino-alcohol motifs (C(OH)–C–C–N with tert-alkyl or cyclic N) is 1. The number of fused-ring (bicyclic) bond motifs is 1. The largest absolute Gasteiger partial charge is 0.388 e. The molecule has 1 fully saturated rings. The number of amides is 1. The molecule has 3 aromatic rings. The number of anilines is 1. The van der Waals surface area contributed by atoms with Crippen molar-refractivity contribution in [1.29, 1.82) is 5.26 Å². The van der Waals surface area contributed by atoms with Gasteiger partial charge in [-0.1, -0.05) is 6.07 Å². The lowest BCUT2D eigenvalue weighted by Gasteiger charge is -2.18. The summed E-state index contributed by atoms with van der Waals surface area (Å²) >= 11 is 0. The van der Waals surface area contributed by atoms with Gasteiger partial charge in [-0.2, -0.15) is 10.4 Å². The molecule has 5 rings (SSSR count). The van der Waals surface area contributed by atoms with Crippen LogP contribution < -0.4 is 10.2 Å². The van der Waals surface area contributed by atoms with Crippen molar-refractivity contribution in [1.82, 2.24) is 20.1 Å². The fourth-order valence-corrected chi connectivity index (χ4v) is 3.43. The Labute approximate surface area is 190 Å². The molecule has 2 N–H and O–H groups in total. The molecule has 0 aliphatic carbocycles. The summed E-state index contributed by atoms with van der Waals surface area (Å²) in [7, 11) is 0. The summed E-state index contributed by atoms with van der Waals surface area (Å²) in [5, 5.41) is 27.1. The van der Waals surface area contributed by atoms with Gasteiger partial charge >= 0.3 is 0 Å². The first-order chi connectivity index (χ1) is 18.4. The molecule has 8 nitrogen and oxygen atoms in total. The number of nitrogens with one attached hydrogen (secondary N) is 1. The number of hydrogen-bond donors (Lipinski definition) is 2. The second kappa shape index (κ2) is 6.89. The van der Waals surface area contributed by atoms with E-state index in [9.17, 15) is 19.6 Å². The van der Waals surface area contributed by atoms with E-state index in [4.69, 9.17) is 12.3 Å². The van der Waals surface area contributed by atoms with E-state index in [1.165, 1.54) is 24.4 Å². The molecule has 1 unspecified atom stereocenters. The Morgan fingerprint density at radius 1 is 1.42 bits per heavy atom. The Hall–Kier alpha value is -3.77. The molecule has 2 aliphatic heterocycles. The minimum absolute atomic E-state index is 0.00927. The molecule has 1 aromatic carbocycles. The molecule has 4 heterocycles. The molecule has 0 bridgehead atoms. The third-order valence-corrected chi connectivity index (χ3v) is 4.78. The highest BCUT2D eigenvalue weighted by Crippen LogP contribution is 2.32. The molecule has 1 amide bonds. The fourth-order valence-electron chi connectivity index (χ4n) is 3.43. The Balaban J connectivity index is 1.70. The van der Waals surface area contributed by atoms with Crippen molar-refractivity contribution in [3.05, 3.63) is 59.2 Å². The van der Waals surface area contributed by atoms with Crippen LogP contribution in [0.5, 0.6) is 0 Å². The maximum absolute atomic E-state index is 14.8. The average molecular weight is 427 g/mol. The van der Waals surface area contributed by atoms with Crippen LogP contribution in [0.2, 0.25) is 0 Å². The van der Waals surface area contributed by atoms with Crippen LogP contribution in [-0.2, 0) is 6.54 Å². The molecule has 9 heteroatoms. The number of nitrogens with zero attached hydrogens (tertiary/aromatic N) is 5. The first kappa shape index (κ1) is 11.6. The smallest absolute Gasteiger partial charge is 0.255 e. The molecule has 156 valence electrons. The van der Waals surface area contributed by atoms with Crippen LogP contribution in [0.3, 0.4) is 0 Å². The first-order valence-electron chi connectivity index (χ1n) is 13.5. The van der Waals surface area contributed by atoms with Gasteiger partial charge in [-0.15, -0.1) is 0 Å². The molecule has 0 radical (unpaired) electrons. The van der Waals surface area contributed by atoms with Crippen molar-refractivity contribution in [3.8, 4) is 23.0 Å². The number of pyridine rings is 1. The monoisotopic (exact) mass is 427 g/mol. The number of aliphatic hydroxyl groups is 1. The summed E-state index contributed by atoms with van der Waals surface area (Å²) in [5.74, 6) is -1.94. The number of carbonyl (C=O) groups is 1. The predicted molar refractivity (Wildman–Crippen MR) is 110 cm³/mol. The normalized spacial score (nSPS) is 29.5. The van der Waals surface area contributed by atoms with Gasteiger partial charge < -0.3 is 15.3 Å². The van der Waals surface area contributed by atoms with Crippen molar-refractivity contribution >= 4 is 11.7 Å². The number of halogens is 1. The van der Waals surface area contributed by atoms with Crippen molar-refractivity contribution in [2.24, 2.45) is 0 Å². The molecule has 0 saturated carbocycles. The van der Waals surface area contributed by atoms with E-state index >= 15 is 0 Å². The van der Waals surface area contributed by atoms with E-state index < -0.39 is 49.4 Å². The quantitative estimate of drug-likeness (QED) is 0.663. The van der Waals surface area contributed by atoms with Crippen LogP contribution in [0.4, 0.5) is 10.2 Å². The van der Waals surface area contributed by atoms with Crippen LogP contribution in [-0.4, -0.2) is 44.4 Å². The Morgan fingerprint density at radius 2 is 2.29 bits per heavy atom. The SMILES string of the molecule is [2H]C([2H])([2H])C1(O)C([2H])([2H])N(c2ccn(-c3cc(-c4c(F)cccc4C#N)nc4c3C(=O)NC4)n2)C([2H])([2H])C1([2H])[2H]. The summed E-state index contributed by atoms with van der Waals surface area (Å²) in [6, 6.07) is 8.01. The molecule has 0 spiro atoms. The van der Waals surface area contributed by atoms with Gasteiger partial charge in [0.1, 0.15) is 5.82 Å². The van der Waals surface area contributed by atoms with Crippen LogP contribution in [0.1, 0.15) is 47.2 Å². The summed E-state index contributed by atoms with van der Waals surface area (Å²) in [4.78, 5) is 17.1. The van der Waals surface area contributed by atoms with E-state index in [2.05, 4.69) is 15.4 Å². The molecule has 1 atom stereocenters. The van der Waals surface area contributed by atoms with Gasteiger partial charge in [-0.05, 0) is 31.4 Å². The summed E-state index contributed by atoms with van der Waals surface area (Å²) in [6.07, 6.45) is -2.48. The number of hydrogen-bond acceptors (Lipinski definition) is 6. The average Bonchev–Trinajstić information content (AvgIpc) is 3.50. The molecular formula is C22H19FN6O2. The lowest BCUT2D eigenvalue weighted by molar-refractivity contribution is 0.0838. The summed E-state index contributed by atoms with van der Waals surface area (Å²) in [5.41, 5.74) is -3.86. The van der Waals surface area contributed by atoms with Gasteiger partial charge in [0.2, 0.25) is 0 Å². The van der Waals surface area contributed by atoms with Gasteiger partial charge in [-0.3, -0.25) is 4.79 Å². The van der Waals surface area contributed by atoms with Crippen LogP contribution in [0.25, 0.3) is 16.9 Å². The van der Waals surface area contributed by atoms with Gasteiger partial charge in [0, 0.05) is 34.9 Å². The predicted octanol–water partition coefficient (Wildman–Crippen LogP) is 2.15. The minimum Gasteiger partial charge on any atom is -0.388 e. The Kier molecular flexibility index (Phi) is 2.57. The number of aromatic nitrogens is 3. The third kappa shape index (κ3) is 3.21. The zero-order chi connectivity index (χ0) is 29.6. The fraction of sp³-hybridized carbons (Fsp3) is 0.273. The summed E-state index contributed by atoms with van der Waals surface area (Å²) in [6.45, 7) is -10.7. The zero-order valence-electron chi connectivity index (χ0n) is 24.6. The molecular weight excluding hydrogens is 399 g/mol. The van der Waals surface area contributed by atoms with Gasteiger partial charge in [0.25, 0.3) is 5.91 Å². The molecule has 31 heavy (non-hydrogen) atoms. The van der Waals surface area contributed by atoms with Crippen molar-refractivity contribution in [2.45, 2.75) is 25.4 Å². The first-order valence-corrected chi connectivity index (χ1v) is 9.01. The van der Waals surface area contributed by atoms with Gasteiger partial charge in [0.05, 0.1) is 54.7 Å². The maximum atomic E-state index is 14.8. The summed E-state index contributed by atoms with van der Waals surface area (Å²) < 4.78 is 88.5. The topological polar surface area (TPSA) is 107 Å². The maximum Gasteiger partial charge on any atom is 0.255 e. The van der Waals surface area contributed by atoms with E-state index in [0.717, 1.165) is 16.8 Å². The number of carbonyl (C=O) groups excluding carboxylic acids is 1. The Bertz CT molecular complexity index is 1620. The van der Waals surface area contributed by atoms with Crippen LogP contribution in [0, 0.1) is 17.1 Å². The molecule has 2 aromatic heterocycles. The standard InChI is InChI=1S/C22H19FN6O2/c1-22(31)6-8-28(12-22)18-5-7-29(27-18)17-9-15(26-16-11-25-21(30)20(16)17)19-13(10-24)3-2-4-14(19)23/h2-5,7,9,31H,6,8,11-12H2,1H3,(H,25,30)/i1D3,6D2,8D2,12D2.